The van der Waals surface area contributed by atoms with Gasteiger partial charge in [-0.25, -0.2) is 4.68 Å². The van der Waals surface area contributed by atoms with Crippen LogP contribution in [0.25, 0.3) is 5.69 Å². The number of thiocarbonyl (C=S) groups is 1. The highest BCUT2D eigenvalue weighted by atomic mass is 32.1. The summed E-state index contributed by atoms with van der Waals surface area (Å²) in [6.07, 6.45) is 1.65. The Kier molecular flexibility index (Phi) is 4.96. The predicted molar refractivity (Wildman–Crippen MR) is 98.0 cm³/mol. The van der Waals surface area contributed by atoms with Gasteiger partial charge in [-0.1, -0.05) is 18.2 Å². The molecule has 3 aromatic rings. The van der Waals surface area contributed by atoms with E-state index in [0.717, 1.165) is 28.4 Å². The third-order valence-corrected chi connectivity index (χ3v) is 4.16. The van der Waals surface area contributed by atoms with Crippen molar-refractivity contribution >= 4 is 17.3 Å². The quantitative estimate of drug-likeness (QED) is 0.698. The first-order valence-electron chi connectivity index (χ1n) is 7.80. The van der Waals surface area contributed by atoms with Crippen LogP contribution in [0.4, 0.5) is 0 Å². The zero-order chi connectivity index (χ0) is 16.9. The van der Waals surface area contributed by atoms with E-state index in [-0.39, 0.29) is 0 Å². The number of rotatable bonds is 5. The number of furan rings is 1. The molecule has 0 amide bonds. The molecule has 0 unspecified atom stereocenters. The van der Waals surface area contributed by atoms with Crippen molar-refractivity contribution in [1.29, 1.82) is 0 Å². The summed E-state index contributed by atoms with van der Waals surface area (Å²) >= 11 is 5.32. The summed E-state index contributed by atoms with van der Waals surface area (Å²) in [7, 11) is 0. The maximum Gasteiger partial charge on any atom is 0.166 e. The molecule has 0 spiro atoms. The summed E-state index contributed by atoms with van der Waals surface area (Å²) in [6, 6.07) is 13.9. The van der Waals surface area contributed by atoms with Crippen LogP contribution >= 0.6 is 12.2 Å². The Morgan fingerprint density at radius 3 is 2.54 bits per heavy atom. The molecule has 2 aromatic heterocycles. The summed E-state index contributed by atoms with van der Waals surface area (Å²) in [5.41, 5.74) is 4.32. The molecule has 24 heavy (non-hydrogen) atoms. The zero-order valence-corrected chi connectivity index (χ0v) is 14.6. The number of aryl methyl sites for hydroxylation is 1. The molecule has 0 saturated carbocycles. The lowest BCUT2D eigenvalue weighted by Crippen LogP contribution is -2.34. The van der Waals surface area contributed by atoms with E-state index >= 15 is 0 Å². The average Bonchev–Trinajstić information content (AvgIpc) is 3.21. The Hall–Kier alpha value is -2.60. The number of hydrogen-bond acceptors (Lipinski definition) is 3. The van der Waals surface area contributed by atoms with Gasteiger partial charge in [0.05, 0.1) is 24.2 Å². The molecular formula is C18H20N4OS. The monoisotopic (exact) mass is 340 g/mol. The zero-order valence-electron chi connectivity index (χ0n) is 13.7. The third-order valence-electron chi connectivity index (χ3n) is 3.87. The number of aromatic nitrogens is 2. The molecule has 0 aliphatic rings. The summed E-state index contributed by atoms with van der Waals surface area (Å²) < 4.78 is 7.24. The average molecular weight is 340 g/mol. The van der Waals surface area contributed by atoms with Gasteiger partial charge in [0.1, 0.15) is 5.76 Å². The van der Waals surface area contributed by atoms with E-state index in [4.69, 9.17) is 16.6 Å². The molecule has 0 bridgehead atoms. The highest BCUT2D eigenvalue weighted by Crippen LogP contribution is 2.17. The lowest BCUT2D eigenvalue weighted by atomic mass is 10.2. The summed E-state index contributed by atoms with van der Waals surface area (Å²) in [6.45, 7) is 5.29. The lowest BCUT2D eigenvalue weighted by Gasteiger charge is -2.10. The van der Waals surface area contributed by atoms with Gasteiger partial charge >= 0.3 is 0 Å². The first kappa shape index (κ1) is 16.3. The van der Waals surface area contributed by atoms with Gasteiger partial charge in [-0.05, 0) is 50.3 Å². The molecule has 6 heteroatoms. The number of nitrogens with zero attached hydrogens (tertiary/aromatic N) is 2. The minimum absolute atomic E-state index is 0.570. The Bertz CT molecular complexity index is 809. The van der Waals surface area contributed by atoms with E-state index in [2.05, 4.69) is 22.7 Å². The number of hydrogen-bond donors (Lipinski definition) is 2. The molecule has 0 saturated heterocycles. The summed E-state index contributed by atoms with van der Waals surface area (Å²) in [5, 5.41) is 11.6. The van der Waals surface area contributed by atoms with Gasteiger partial charge < -0.3 is 15.1 Å². The molecule has 0 aliphatic heterocycles. The van der Waals surface area contributed by atoms with Crippen molar-refractivity contribution in [2.75, 3.05) is 0 Å². The van der Waals surface area contributed by atoms with Crippen LogP contribution in [-0.4, -0.2) is 14.9 Å². The van der Waals surface area contributed by atoms with Crippen LogP contribution < -0.4 is 10.6 Å². The predicted octanol–water partition coefficient (Wildman–Crippen LogP) is 3.25. The normalized spacial score (nSPS) is 10.6. The number of para-hydroxylation sites is 1. The smallest absolute Gasteiger partial charge is 0.166 e. The molecule has 5 nitrogen and oxygen atoms in total. The molecular weight excluding hydrogens is 320 g/mol. The SMILES string of the molecule is Cc1nn(-c2ccccc2)c(C)c1CNC(=S)NCc1ccco1. The molecule has 124 valence electrons. The van der Waals surface area contributed by atoms with Gasteiger partial charge in [-0.2, -0.15) is 5.10 Å². The fourth-order valence-electron chi connectivity index (χ4n) is 2.56. The Morgan fingerprint density at radius 1 is 1.08 bits per heavy atom. The maximum absolute atomic E-state index is 5.32. The molecule has 2 heterocycles. The van der Waals surface area contributed by atoms with Gasteiger partial charge in [0.15, 0.2) is 5.11 Å². The van der Waals surface area contributed by atoms with Crippen LogP contribution in [0.3, 0.4) is 0 Å². The van der Waals surface area contributed by atoms with Crippen molar-refractivity contribution in [2.24, 2.45) is 0 Å². The van der Waals surface area contributed by atoms with Crippen LogP contribution in [0.2, 0.25) is 0 Å². The molecule has 0 aliphatic carbocycles. The van der Waals surface area contributed by atoms with Crippen molar-refractivity contribution in [3.8, 4) is 5.69 Å². The fourth-order valence-corrected chi connectivity index (χ4v) is 2.71. The second kappa shape index (κ2) is 7.31. The minimum Gasteiger partial charge on any atom is -0.467 e. The van der Waals surface area contributed by atoms with Crippen LogP contribution in [0.1, 0.15) is 22.7 Å². The maximum atomic E-state index is 5.32. The van der Waals surface area contributed by atoms with Crippen molar-refractivity contribution < 1.29 is 4.42 Å². The molecule has 0 atom stereocenters. The topological polar surface area (TPSA) is 55.0 Å². The van der Waals surface area contributed by atoms with E-state index in [1.807, 2.05) is 54.1 Å². The van der Waals surface area contributed by atoms with Gasteiger partial charge in [0, 0.05) is 17.8 Å². The van der Waals surface area contributed by atoms with Gasteiger partial charge in [0.25, 0.3) is 0 Å². The fraction of sp³-hybridized carbons (Fsp3) is 0.222. The van der Waals surface area contributed by atoms with Crippen LogP contribution in [-0.2, 0) is 13.1 Å². The summed E-state index contributed by atoms with van der Waals surface area (Å²) in [4.78, 5) is 0. The second-order valence-electron chi connectivity index (χ2n) is 5.51. The molecule has 0 fully saturated rings. The minimum atomic E-state index is 0.570. The highest BCUT2D eigenvalue weighted by molar-refractivity contribution is 7.80. The van der Waals surface area contributed by atoms with Gasteiger partial charge in [0.2, 0.25) is 0 Å². The summed E-state index contributed by atoms with van der Waals surface area (Å²) in [5.74, 6) is 0.850. The molecule has 1 aromatic carbocycles. The largest absolute Gasteiger partial charge is 0.467 e. The first-order valence-corrected chi connectivity index (χ1v) is 8.20. The van der Waals surface area contributed by atoms with Crippen LogP contribution in [0.15, 0.2) is 53.1 Å². The van der Waals surface area contributed by atoms with E-state index < -0.39 is 0 Å². The highest BCUT2D eigenvalue weighted by Gasteiger charge is 2.12. The number of nitrogens with one attached hydrogen (secondary N) is 2. The van der Waals surface area contributed by atoms with E-state index in [0.29, 0.717) is 18.2 Å². The first-order chi connectivity index (χ1) is 11.6. The molecule has 3 rings (SSSR count). The van der Waals surface area contributed by atoms with Crippen molar-refractivity contribution in [3.05, 3.63) is 71.4 Å². The molecule has 2 N–H and O–H groups in total. The van der Waals surface area contributed by atoms with E-state index in [9.17, 15) is 0 Å². The van der Waals surface area contributed by atoms with Gasteiger partial charge in [-0.3, -0.25) is 0 Å². The van der Waals surface area contributed by atoms with Gasteiger partial charge in [-0.15, -0.1) is 0 Å². The Labute approximate surface area is 146 Å². The van der Waals surface area contributed by atoms with E-state index in [1.165, 1.54) is 0 Å². The van der Waals surface area contributed by atoms with E-state index in [1.54, 1.807) is 6.26 Å². The number of benzene rings is 1. The Balaban J connectivity index is 1.63. The Morgan fingerprint density at radius 2 is 1.83 bits per heavy atom. The second-order valence-corrected chi connectivity index (χ2v) is 5.92. The molecule has 0 radical (unpaired) electrons. The lowest BCUT2D eigenvalue weighted by molar-refractivity contribution is 0.502. The van der Waals surface area contributed by atoms with Crippen LogP contribution in [0.5, 0.6) is 0 Å². The van der Waals surface area contributed by atoms with Crippen molar-refractivity contribution in [3.63, 3.8) is 0 Å². The standard InChI is InChI=1S/C18H20N4OS/c1-13-17(12-20-18(24)19-11-16-9-6-10-23-16)14(2)22(21-13)15-7-4-3-5-8-15/h3-10H,11-12H2,1-2H3,(H2,19,20,24). The third kappa shape index (κ3) is 3.65. The van der Waals surface area contributed by atoms with Crippen LogP contribution in [0, 0.1) is 13.8 Å². The van der Waals surface area contributed by atoms with Crippen molar-refractivity contribution in [1.82, 2.24) is 20.4 Å². The van der Waals surface area contributed by atoms with Crippen molar-refractivity contribution in [2.45, 2.75) is 26.9 Å².